The van der Waals surface area contributed by atoms with Crippen LogP contribution in [0.5, 0.6) is 11.5 Å². The van der Waals surface area contributed by atoms with Crippen molar-refractivity contribution in [1.82, 2.24) is 15.1 Å². The van der Waals surface area contributed by atoms with E-state index in [1.165, 1.54) is 7.11 Å². The van der Waals surface area contributed by atoms with Crippen LogP contribution < -0.4 is 14.8 Å². The van der Waals surface area contributed by atoms with E-state index >= 15 is 0 Å². The fourth-order valence-corrected chi connectivity index (χ4v) is 3.39. The molecule has 2 saturated heterocycles. The third-order valence-corrected chi connectivity index (χ3v) is 4.88. The van der Waals surface area contributed by atoms with Crippen LogP contribution in [0.15, 0.2) is 18.2 Å². The van der Waals surface area contributed by atoms with Gasteiger partial charge in [-0.3, -0.25) is 9.59 Å². The van der Waals surface area contributed by atoms with E-state index in [1.807, 2.05) is 4.90 Å². The number of nitrogens with one attached hydrogen (secondary N) is 1. The zero-order valence-electron chi connectivity index (χ0n) is 14.8. The van der Waals surface area contributed by atoms with Crippen LogP contribution in [-0.4, -0.2) is 74.6 Å². The Morgan fingerprint density at radius 2 is 1.80 bits per heavy atom. The number of methoxy groups -OCH3 is 2. The summed E-state index contributed by atoms with van der Waals surface area (Å²) in [7, 11) is 3.11. The molecule has 136 valence electrons. The Bertz CT molecular complexity index is 635. The van der Waals surface area contributed by atoms with Gasteiger partial charge in [0.1, 0.15) is 11.5 Å². The number of rotatable bonds is 4. The maximum atomic E-state index is 12.8. The third-order valence-electron chi connectivity index (χ3n) is 4.88. The summed E-state index contributed by atoms with van der Waals surface area (Å²) >= 11 is 0. The van der Waals surface area contributed by atoms with Gasteiger partial charge in [-0.05, 0) is 31.5 Å². The van der Waals surface area contributed by atoms with Gasteiger partial charge in [0.2, 0.25) is 5.91 Å². The number of carbonyl (C=O) groups is 2. The SMILES string of the molecule is COc1ccc(C(=O)N2CCN(C(=O)C3CCCN3)CC2)c(OC)c1. The Hall–Kier alpha value is -2.28. The van der Waals surface area contributed by atoms with Gasteiger partial charge in [-0.1, -0.05) is 0 Å². The van der Waals surface area contributed by atoms with Crippen molar-refractivity contribution in [1.29, 1.82) is 0 Å². The van der Waals surface area contributed by atoms with Gasteiger partial charge < -0.3 is 24.6 Å². The van der Waals surface area contributed by atoms with Crippen LogP contribution in [0, 0.1) is 0 Å². The molecule has 1 unspecified atom stereocenters. The van der Waals surface area contributed by atoms with Gasteiger partial charge in [-0.15, -0.1) is 0 Å². The number of ether oxygens (including phenoxy) is 2. The highest BCUT2D eigenvalue weighted by molar-refractivity contribution is 5.97. The van der Waals surface area contributed by atoms with Crippen LogP contribution in [0.2, 0.25) is 0 Å². The van der Waals surface area contributed by atoms with Crippen molar-refractivity contribution < 1.29 is 19.1 Å². The number of benzene rings is 1. The molecule has 25 heavy (non-hydrogen) atoms. The van der Waals surface area contributed by atoms with Crippen molar-refractivity contribution in [3.05, 3.63) is 23.8 Å². The molecule has 0 aromatic heterocycles. The molecule has 1 aromatic rings. The van der Waals surface area contributed by atoms with Crippen molar-refractivity contribution in [2.24, 2.45) is 0 Å². The zero-order chi connectivity index (χ0) is 17.8. The van der Waals surface area contributed by atoms with E-state index in [2.05, 4.69) is 5.32 Å². The van der Waals surface area contributed by atoms with Crippen LogP contribution in [0.1, 0.15) is 23.2 Å². The first-order valence-electron chi connectivity index (χ1n) is 8.67. The third kappa shape index (κ3) is 3.71. The molecule has 2 aliphatic heterocycles. The van der Waals surface area contributed by atoms with E-state index in [9.17, 15) is 9.59 Å². The fraction of sp³-hybridized carbons (Fsp3) is 0.556. The predicted molar refractivity (Wildman–Crippen MR) is 93.1 cm³/mol. The highest BCUT2D eigenvalue weighted by Crippen LogP contribution is 2.26. The number of hydrogen-bond donors (Lipinski definition) is 1. The van der Waals surface area contributed by atoms with E-state index in [0.717, 1.165) is 19.4 Å². The summed E-state index contributed by atoms with van der Waals surface area (Å²) in [5, 5.41) is 3.24. The van der Waals surface area contributed by atoms with Crippen LogP contribution in [0.25, 0.3) is 0 Å². The Kier molecular flexibility index (Phi) is 5.43. The first kappa shape index (κ1) is 17.5. The zero-order valence-corrected chi connectivity index (χ0v) is 14.8. The Morgan fingerprint density at radius 3 is 2.40 bits per heavy atom. The van der Waals surface area contributed by atoms with E-state index in [1.54, 1.807) is 30.2 Å². The maximum Gasteiger partial charge on any atom is 0.257 e. The van der Waals surface area contributed by atoms with Gasteiger partial charge in [-0.2, -0.15) is 0 Å². The summed E-state index contributed by atoms with van der Waals surface area (Å²) in [6.07, 6.45) is 1.95. The van der Waals surface area contributed by atoms with Gasteiger partial charge in [0.15, 0.2) is 0 Å². The molecule has 2 amide bonds. The molecule has 0 aliphatic carbocycles. The van der Waals surface area contributed by atoms with Gasteiger partial charge in [0.05, 0.1) is 25.8 Å². The van der Waals surface area contributed by atoms with Gasteiger partial charge in [0.25, 0.3) is 5.91 Å². The normalized spacial score (nSPS) is 20.5. The highest BCUT2D eigenvalue weighted by atomic mass is 16.5. The van der Waals surface area contributed by atoms with Gasteiger partial charge in [0, 0.05) is 32.2 Å². The first-order valence-corrected chi connectivity index (χ1v) is 8.67. The molecule has 1 atom stereocenters. The minimum Gasteiger partial charge on any atom is -0.497 e. The van der Waals surface area contributed by atoms with Crippen LogP contribution in [0.4, 0.5) is 0 Å². The first-order chi connectivity index (χ1) is 12.1. The van der Waals surface area contributed by atoms with Crippen LogP contribution in [-0.2, 0) is 4.79 Å². The molecule has 2 heterocycles. The second-order valence-corrected chi connectivity index (χ2v) is 6.33. The van der Waals surface area contributed by atoms with Crippen molar-refractivity contribution >= 4 is 11.8 Å². The van der Waals surface area contributed by atoms with Crippen molar-refractivity contribution in [2.75, 3.05) is 46.9 Å². The molecule has 2 aliphatic rings. The average molecular weight is 347 g/mol. The molecule has 0 bridgehead atoms. The topological polar surface area (TPSA) is 71.1 Å². The lowest BCUT2D eigenvalue weighted by atomic mass is 10.1. The molecule has 0 radical (unpaired) electrons. The summed E-state index contributed by atoms with van der Waals surface area (Å²) in [4.78, 5) is 28.9. The summed E-state index contributed by atoms with van der Waals surface area (Å²) in [6, 6.07) is 5.13. The quantitative estimate of drug-likeness (QED) is 0.870. The molecule has 2 fully saturated rings. The molecule has 1 N–H and O–H groups in total. The molecule has 7 heteroatoms. The summed E-state index contributed by atoms with van der Waals surface area (Å²) in [5.74, 6) is 1.23. The lowest BCUT2D eigenvalue weighted by molar-refractivity contribution is -0.134. The second-order valence-electron chi connectivity index (χ2n) is 6.33. The largest absolute Gasteiger partial charge is 0.497 e. The van der Waals surface area contributed by atoms with Crippen molar-refractivity contribution in [3.63, 3.8) is 0 Å². The fourth-order valence-electron chi connectivity index (χ4n) is 3.39. The summed E-state index contributed by atoms with van der Waals surface area (Å²) in [6.45, 7) is 3.12. The minimum absolute atomic E-state index is 0.0519. The maximum absolute atomic E-state index is 12.8. The smallest absolute Gasteiger partial charge is 0.257 e. The molecule has 0 spiro atoms. The predicted octanol–water partition coefficient (Wildman–Crippen LogP) is 0.740. The Labute approximate surface area is 147 Å². The average Bonchev–Trinajstić information content (AvgIpc) is 3.21. The summed E-state index contributed by atoms with van der Waals surface area (Å²) in [5.41, 5.74) is 0.514. The number of nitrogens with zero attached hydrogens (tertiary/aromatic N) is 2. The highest BCUT2D eigenvalue weighted by Gasteiger charge is 2.31. The standard InChI is InChI=1S/C18H25N3O4/c1-24-13-5-6-14(16(12-13)25-2)17(22)20-8-10-21(11-9-20)18(23)15-4-3-7-19-15/h5-6,12,15,19H,3-4,7-11H2,1-2H3. The second kappa shape index (κ2) is 7.74. The number of carbonyl (C=O) groups excluding carboxylic acids is 2. The van der Waals surface area contributed by atoms with E-state index in [-0.39, 0.29) is 17.9 Å². The van der Waals surface area contributed by atoms with E-state index in [0.29, 0.717) is 43.2 Å². The lowest BCUT2D eigenvalue weighted by Gasteiger charge is -2.36. The Balaban J connectivity index is 1.62. The number of amides is 2. The molecular weight excluding hydrogens is 322 g/mol. The van der Waals surface area contributed by atoms with E-state index < -0.39 is 0 Å². The molecule has 1 aromatic carbocycles. The molecule has 3 rings (SSSR count). The van der Waals surface area contributed by atoms with Crippen molar-refractivity contribution in [2.45, 2.75) is 18.9 Å². The minimum atomic E-state index is -0.0782. The van der Waals surface area contributed by atoms with Crippen LogP contribution >= 0.6 is 0 Å². The Morgan fingerprint density at radius 1 is 1.08 bits per heavy atom. The van der Waals surface area contributed by atoms with Gasteiger partial charge in [-0.25, -0.2) is 0 Å². The van der Waals surface area contributed by atoms with Gasteiger partial charge >= 0.3 is 0 Å². The molecule has 0 saturated carbocycles. The summed E-state index contributed by atoms with van der Waals surface area (Å²) < 4.78 is 10.5. The number of hydrogen-bond acceptors (Lipinski definition) is 5. The monoisotopic (exact) mass is 347 g/mol. The van der Waals surface area contributed by atoms with E-state index in [4.69, 9.17) is 9.47 Å². The molecular formula is C18H25N3O4. The van der Waals surface area contributed by atoms with Crippen molar-refractivity contribution in [3.8, 4) is 11.5 Å². The van der Waals surface area contributed by atoms with Crippen LogP contribution in [0.3, 0.4) is 0 Å². The lowest BCUT2D eigenvalue weighted by Crippen LogP contribution is -2.54. The molecule has 7 nitrogen and oxygen atoms in total. The number of piperazine rings is 1.